The molecule has 27 heavy (non-hydrogen) atoms. The zero-order valence-corrected chi connectivity index (χ0v) is 15.1. The van der Waals surface area contributed by atoms with Crippen LogP contribution < -0.4 is 0 Å². The first-order valence-electron chi connectivity index (χ1n) is 8.28. The third kappa shape index (κ3) is 3.46. The summed E-state index contributed by atoms with van der Waals surface area (Å²) in [4.78, 5) is 36.3. The van der Waals surface area contributed by atoms with Gasteiger partial charge in [0.15, 0.2) is 0 Å². The summed E-state index contributed by atoms with van der Waals surface area (Å²) in [7, 11) is 1.31. The summed E-state index contributed by atoms with van der Waals surface area (Å²) >= 11 is 0. The lowest BCUT2D eigenvalue weighted by Crippen LogP contribution is -2.33. The first kappa shape index (κ1) is 18.4. The molecule has 8 heteroatoms. The quantitative estimate of drug-likeness (QED) is 0.467. The third-order valence-electron chi connectivity index (χ3n) is 4.56. The van der Waals surface area contributed by atoms with E-state index in [0.29, 0.717) is 28.2 Å². The summed E-state index contributed by atoms with van der Waals surface area (Å²) in [6, 6.07) is 6.25. The van der Waals surface area contributed by atoms with Gasteiger partial charge in [-0.1, -0.05) is 12.1 Å². The van der Waals surface area contributed by atoms with Crippen LogP contribution in [0.15, 0.2) is 53.5 Å². The normalized spacial score (nSPS) is 19.4. The molecule has 0 saturated heterocycles. The molecule has 1 aliphatic heterocycles. The van der Waals surface area contributed by atoms with Crippen LogP contribution >= 0.6 is 0 Å². The number of carbonyl (C=O) groups excluding carboxylic acids is 1. The number of nitrogens with zero attached hydrogens (tertiary/aromatic N) is 4. The number of methoxy groups -OCH3 is 1. The van der Waals surface area contributed by atoms with Crippen LogP contribution in [0.5, 0.6) is 0 Å². The predicted octanol–water partition coefficient (Wildman–Crippen LogP) is 3.16. The van der Waals surface area contributed by atoms with Crippen molar-refractivity contribution in [1.29, 1.82) is 0 Å². The molecule has 138 valence electrons. The number of carbonyl (C=O) groups is 1. The number of rotatable bonds is 4. The van der Waals surface area contributed by atoms with Gasteiger partial charge in [-0.15, -0.1) is 0 Å². The van der Waals surface area contributed by atoms with Gasteiger partial charge in [-0.2, -0.15) is 0 Å². The second-order valence-electron chi connectivity index (χ2n) is 6.17. The number of hydrogen-bond donors (Lipinski definition) is 0. The van der Waals surface area contributed by atoms with E-state index in [1.54, 1.807) is 37.6 Å². The second-order valence-corrected chi connectivity index (χ2v) is 6.17. The highest BCUT2D eigenvalue weighted by molar-refractivity contribution is 6.06. The molecule has 1 aliphatic rings. The number of esters is 1. The maximum atomic E-state index is 12.6. The zero-order chi connectivity index (χ0) is 19.6. The Balaban J connectivity index is 2.25. The molecule has 0 radical (unpaired) electrons. The molecule has 0 bridgehead atoms. The van der Waals surface area contributed by atoms with Crippen molar-refractivity contribution in [1.82, 2.24) is 9.97 Å². The van der Waals surface area contributed by atoms with Gasteiger partial charge in [0.2, 0.25) is 0 Å². The summed E-state index contributed by atoms with van der Waals surface area (Å²) in [6.07, 6.45) is 4.70. The van der Waals surface area contributed by atoms with Crippen LogP contribution in [0.2, 0.25) is 0 Å². The number of allylic oxidation sites excluding steroid dienone is 2. The average Bonchev–Trinajstić information content (AvgIpc) is 2.67. The molecule has 0 N–H and O–H groups in total. The van der Waals surface area contributed by atoms with Gasteiger partial charge in [-0.05, 0) is 19.4 Å². The maximum absolute atomic E-state index is 12.6. The van der Waals surface area contributed by atoms with Gasteiger partial charge in [0.1, 0.15) is 5.92 Å². The average molecular weight is 366 g/mol. The minimum absolute atomic E-state index is 0.0487. The number of nitro benzene ring substituents is 1. The smallest absolute Gasteiger partial charge is 0.315 e. The van der Waals surface area contributed by atoms with E-state index in [-0.39, 0.29) is 5.69 Å². The largest absolute Gasteiger partial charge is 0.468 e. The van der Waals surface area contributed by atoms with Crippen molar-refractivity contribution < 1.29 is 14.5 Å². The molecule has 0 amide bonds. The van der Waals surface area contributed by atoms with Crippen LogP contribution in [-0.4, -0.2) is 33.7 Å². The third-order valence-corrected chi connectivity index (χ3v) is 4.56. The number of nitro groups is 1. The molecular weight excluding hydrogens is 348 g/mol. The van der Waals surface area contributed by atoms with E-state index in [2.05, 4.69) is 15.0 Å². The standard InChI is InChI=1S/C19H18N4O4/c1-11-16(15-10-20-7-8-21-15)18(17(12(2)22-11)19(24)27-3)13-5-4-6-14(9-13)23(25)26/h4-10,17-18H,1-3H3. The van der Waals surface area contributed by atoms with Gasteiger partial charge < -0.3 is 4.74 Å². The lowest BCUT2D eigenvalue weighted by molar-refractivity contribution is -0.384. The number of benzene rings is 1. The molecule has 2 aromatic rings. The van der Waals surface area contributed by atoms with Crippen molar-refractivity contribution >= 4 is 22.9 Å². The molecule has 0 fully saturated rings. The molecule has 2 heterocycles. The Morgan fingerprint density at radius 1 is 1.26 bits per heavy atom. The summed E-state index contributed by atoms with van der Waals surface area (Å²) in [6.45, 7) is 3.58. The first-order valence-corrected chi connectivity index (χ1v) is 8.28. The van der Waals surface area contributed by atoms with E-state index in [4.69, 9.17) is 4.74 Å². The van der Waals surface area contributed by atoms with Crippen LogP contribution in [0, 0.1) is 16.0 Å². The molecule has 0 saturated carbocycles. The van der Waals surface area contributed by atoms with Gasteiger partial charge in [0.25, 0.3) is 5.69 Å². The Morgan fingerprint density at radius 3 is 2.67 bits per heavy atom. The molecule has 0 spiro atoms. The van der Waals surface area contributed by atoms with Crippen LogP contribution in [-0.2, 0) is 9.53 Å². The van der Waals surface area contributed by atoms with Gasteiger partial charge in [0, 0.05) is 47.4 Å². The van der Waals surface area contributed by atoms with Crippen LogP contribution in [0.3, 0.4) is 0 Å². The molecule has 2 unspecified atom stereocenters. The van der Waals surface area contributed by atoms with E-state index in [0.717, 1.165) is 0 Å². The van der Waals surface area contributed by atoms with Crippen molar-refractivity contribution in [3.8, 4) is 0 Å². The summed E-state index contributed by atoms with van der Waals surface area (Å²) in [5, 5.41) is 11.2. The Kier molecular flexibility index (Phi) is 5.07. The Bertz CT molecular complexity index is 953. The van der Waals surface area contributed by atoms with Crippen molar-refractivity contribution in [3.05, 3.63) is 69.9 Å². The molecule has 1 aromatic heterocycles. The van der Waals surface area contributed by atoms with E-state index in [9.17, 15) is 14.9 Å². The van der Waals surface area contributed by atoms with Crippen LogP contribution in [0.25, 0.3) is 5.57 Å². The van der Waals surface area contributed by atoms with Crippen molar-refractivity contribution in [2.24, 2.45) is 10.9 Å². The first-order chi connectivity index (χ1) is 12.9. The second kappa shape index (κ2) is 7.45. The Morgan fingerprint density at radius 2 is 2.04 bits per heavy atom. The highest BCUT2D eigenvalue weighted by Crippen LogP contribution is 2.44. The number of non-ortho nitro benzene ring substituents is 1. The van der Waals surface area contributed by atoms with Crippen molar-refractivity contribution in [2.75, 3.05) is 7.11 Å². The number of hydrogen-bond acceptors (Lipinski definition) is 7. The van der Waals surface area contributed by atoms with E-state index in [1.807, 2.05) is 6.92 Å². The maximum Gasteiger partial charge on any atom is 0.315 e. The van der Waals surface area contributed by atoms with Gasteiger partial charge in [-0.25, -0.2) is 0 Å². The van der Waals surface area contributed by atoms with Crippen LogP contribution in [0.1, 0.15) is 31.0 Å². The minimum atomic E-state index is -0.710. The molecule has 2 atom stereocenters. The van der Waals surface area contributed by atoms with E-state index in [1.165, 1.54) is 19.2 Å². The van der Waals surface area contributed by atoms with Gasteiger partial charge in [0.05, 0.1) is 23.9 Å². The molecule has 3 rings (SSSR count). The summed E-state index contributed by atoms with van der Waals surface area (Å²) in [5.74, 6) is -1.69. The van der Waals surface area contributed by atoms with E-state index >= 15 is 0 Å². The molecular formula is C19H18N4O4. The number of ether oxygens (including phenoxy) is 1. The zero-order valence-electron chi connectivity index (χ0n) is 15.1. The van der Waals surface area contributed by atoms with Crippen molar-refractivity contribution in [2.45, 2.75) is 19.8 Å². The minimum Gasteiger partial charge on any atom is -0.468 e. The van der Waals surface area contributed by atoms with Crippen molar-refractivity contribution in [3.63, 3.8) is 0 Å². The molecule has 0 aliphatic carbocycles. The molecule has 1 aromatic carbocycles. The highest BCUT2D eigenvalue weighted by atomic mass is 16.6. The topological polar surface area (TPSA) is 108 Å². The number of aromatic nitrogens is 2. The SMILES string of the molecule is COC(=O)C1C(C)=NC(C)=C(c2cnccn2)C1c1cccc([N+](=O)[O-])c1. The Hall–Kier alpha value is -3.42. The molecule has 8 nitrogen and oxygen atoms in total. The van der Waals surface area contributed by atoms with Gasteiger partial charge in [-0.3, -0.25) is 29.9 Å². The fourth-order valence-electron chi connectivity index (χ4n) is 3.43. The lowest BCUT2D eigenvalue weighted by atomic mass is 9.74. The van der Waals surface area contributed by atoms with E-state index < -0.39 is 22.7 Å². The fourth-order valence-corrected chi connectivity index (χ4v) is 3.43. The monoisotopic (exact) mass is 366 g/mol. The predicted molar refractivity (Wildman–Crippen MR) is 99.1 cm³/mol. The van der Waals surface area contributed by atoms with Gasteiger partial charge >= 0.3 is 5.97 Å². The Labute approximate surface area is 155 Å². The van der Waals surface area contributed by atoms with Crippen LogP contribution in [0.4, 0.5) is 5.69 Å². The summed E-state index contributed by atoms with van der Waals surface area (Å²) < 4.78 is 5.00. The number of aliphatic imine (C=N–C) groups is 1. The fraction of sp³-hybridized carbons (Fsp3) is 0.263. The summed E-state index contributed by atoms with van der Waals surface area (Å²) in [5.41, 5.74) is 3.11. The lowest BCUT2D eigenvalue weighted by Gasteiger charge is -2.32. The highest BCUT2D eigenvalue weighted by Gasteiger charge is 2.40.